The topological polar surface area (TPSA) is 0 Å². The van der Waals surface area contributed by atoms with Crippen molar-refractivity contribution in [3.8, 4) is 33.4 Å². The number of fused-ring (bicyclic) bond motifs is 11. The van der Waals surface area contributed by atoms with Crippen LogP contribution < -0.4 is 0 Å². The highest BCUT2D eigenvalue weighted by molar-refractivity contribution is 6.34. The highest BCUT2D eigenvalue weighted by atomic mass is 14.2. The summed E-state index contributed by atoms with van der Waals surface area (Å²) in [6, 6.07) is 71.8. The fraction of sp³-hybridized carbons (Fsp3) is 0. The van der Waals surface area contributed by atoms with Crippen LogP contribution in [-0.2, 0) is 0 Å². The van der Waals surface area contributed by atoms with E-state index in [-0.39, 0.29) is 0 Å². The minimum Gasteiger partial charge on any atom is -0.0616 e. The molecule has 0 heterocycles. The molecule has 0 saturated carbocycles. The molecule has 0 saturated heterocycles. The van der Waals surface area contributed by atoms with Crippen LogP contribution in [0.3, 0.4) is 0 Å². The van der Waals surface area contributed by atoms with Gasteiger partial charge in [-0.3, -0.25) is 0 Å². The summed E-state index contributed by atoms with van der Waals surface area (Å²) in [6.07, 6.45) is 0. The Morgan fingerprint density at radius 2 is 0.615 bits per heavy atom. The van der Waals surface area contributed by atoms with Crippen molar-refractivity contribution in [3.05, 3.63) is 194 Å². The Balaban J connectivity index is 1.20. The van der Waals surface area contributed by atoms with E-state index in [1.165, 1.54) is 109 Å². The molecule has 11 aromatic rings. The molecular formula is C52H32. The smallest absolute Gasteiger partial charge is 0.00199 e. The van der Waals surface area contributed by atoms with Crippen molar-refractivity contribution in [1.29, 1.82) is 0 Å². The number of hydrogen-bond donors (Lipinski definition) is 0. The molecule has 0 aliphatic carbocycles. The van der Waals surface area contributed by atoms with E-state index in [0.29, 0.717) is 0 Å². The van der Waals surface area contributed by atoms with E-state index in [1.54, 1.807) is 0 Å². The Labute approximate surface area is 301 Å². The molecule has 0 unspecified atom stereocenters. The van der Waals surface area contributed by atoms with Crippen LogP contribution >= 0.6 is 0 Å². The average molecular weight is 657 g/mol. The van der Waals surface area contributed by atoms with Gasteiger partial charge >= 0.3 is 0 Å². The molecule has 0 amide bonds. The first-order valence-electron chi connectivity index (χ1n) is 18.1. The van der Waals surface area contributed by atoms with Gasteiger partial charge in [-0.15, -0.1) is 0 Å². The SMILES string of the molecule is c1ccc2cc(-c3ccc(-c4c5ccccc5c(-c5cc6c7ccccc7c7ccccc7c6c6ccccc56)c5ccccc45)cc3)ccc2c1. The van der Waals surface area contributed by atoms with Crippen LogP contribution in [0.5, 0.6) is 0 Å². The minimum absolute atomic E-state index is 1.22. The van der Waals surface area contributed by atoms with Crippen molar-refractivity contribution in [2.75, 3.05) is 0 Å². The molecule has 0 aromatic heterocycles. The Kier molecular flexibility index (Phi) is 6.35. The number of benzene rings is 11. The first kappa shape index (κ1) is 29.0. The highest BCUT2D eigenvalue weighted by Gasteiger charge is 2.20. The molecule has 0 nitrogen and oxygen atoms in total. The van der Waals surface area contributed by atoms with Gasteiger partial charge in [0, 0.05) is 0 Å². The second-order valence-electron chi connectivity index (χ2n) is 14.0. The first-order chi connectivity index (χ1) is 25.8. The van der Waals surface area contributed by atoms with E-state index >= 15 is 0 Å². The molecule has 0 fully saturated rings. The van der Waals surface area contributed by atoms with Gasteiger partial charge in [-0.25, -0.2) is 0 Å². The molecule has 0 aliphatic heterocycles. The summed E-state index contributed by atoms with van der Waals surface area (Å²) in [5, 5.41) is 18.0. The minimum atomic E-state index is 1.22. The maximum Gasteiger partial charge on any atom is -0.00199 e. The second-order valence-corrected chi connectivity index (χ2v) is 14.0. The van der Waals surface area contributed by atoms with Gasteiger partial charge in [0.1, 0.15) is 0 Å². The molecule has 52 heavy (non-hydrogen) atoms. The highest BCUT2D eigenvalue weighted by Crippen LogP contribution is 2.48. The average Bonchev–Trinajstić information content (AvgIpc) is 3.22. The number of hydrogen-bond acceptors (Lipinski definition) is 0. The summed E-state index contributed by atoms with van der Waals surface area (Å²) in [5.41, 5.74) is 7.53. The van der Waals surface area contributed by atoms with Gasteiger partial charge in [0.15, 0.2) is 0 Å². The van der Waals surface area contributed by atoms with Gasteiger partial charge < -0.3 is 0 Å². The van der Waals surface area contributed by atoms with E-state index in [2.05, 4.69) is 194 Å². The molecule has 0 N–H and O–H groups in total. The standard InChI is InChI=1S/C52H32/c1-2-14-36-31-37(30-27-33(36)13-1)34-25-28-35(29-26-34)50-44-21-9-11-23-46(44)52(47-24-12-10-22-45(47)50)49-32-48-40-17-4-3-15-38(40)39-16-5-7-19-42(39)51(48)43-20-8-6-18-41(43)49/h1-32H. The molecule has 0 spiro atoms. The van der Waals surface area contributed by atoms with E-state index in [9.17, 15) is 0 Å². The number of rotatable bonds is 3. The van der Waals surface area contributed by atoms with Crippen molar-refractivity contribution in [2.45, 2.75) is 0 Å². The van der Waals surface area contributed by atoms with Crippen LogP contribution in [-0.4, -0.2) is 0 Å². The fourth-order valence-corrected chi connectivity index (χ4v) is 8.90. The van der Waals surface area contributed by atoms with Gasteiger partial charge in [0.25, 0.3) is 0 Å². The largest absolute Gasteiger partial charge is 0.0616 e. The summed E-state index contributed by atoms with van der Waals surface area (Å²) in [4.78, 5) is 0. The van der Waals surface area contributed by atoms with Crippen molar-refractivity contribution < 1.29 is 0 Å². The van der Waals surface area contributed by atoms with Gasteiger partial charge in [-0.2, -0.15) is 0 Å². The Morgan fingerprint density at radius 3 is 1.23 bits per heavy atom. The lowest BCUT2D eigenvalue weighted by Crippen LogP contribution is -1.93. The van der Waals surface area contributed by atoms with Crippen LogP contribution in [0.1, 0.15) is 0 Å². The summed E-state index contributed by atoms with van der Waals surface area (Å²) >= 11 is 0. The van der Waals surface area contributed by atoms with Crippen LogP contribution in [0, 0.1) is 0 Å². The first-order valence-corrected chi connectivity index (χ1v) is 18.1. The zero-order valence-electron chi connectivity index (χ0n) is 28.5. The molecule has 0 bridgehead atoms. The van der Waals surface area contributed by atoms with Crippen LogP contribution in [0.25, 0.3) is 109 Å². The lowest BCUT2D eigenvalue weighted by Gasteiger charge is -2.21. The van der Waals surface area contributed by atoms with Gasteiger partial charge in [0.05, 0.1) is 0 Å². The van der Waals surface area contributed by atoms with E-state index in [1.807, 2.05) is 0 Å². The summed E-state index contributed by atoms with van der Waals surface area (Å²) < 4.78 is 0. The Bertz CT molecular complexity index is 3160. The quantitative estimate of drug-likeness (QED) is 0.131. The molecule has 0 heteroatoms. The lowest BCUT2D eigenvalue weighted by molar-refractivity contribution is 1.63. The molecular weight excluding hydrogens is 625 g/mol. The van der Waals surface area contributed by atoms with Gasteiger partial charge in [-0.1, -0.05) is 182 Å². The molecule has 240 valence electrons. The zero-order valence-corrected chi connectivity index (χ0v) is 28.5. The van der Waals surface area contributed by atoms with E-state index < -0.39 is 0 Å². The summed E-state index contributed by atoms with van der Waals surface area (Å²) in [5.74, 6) is 0. The molecule has 11 rings (SSSR count). The normalized spacial score (nSPS) is 11.8. The van der Waals surface area contributed by atoms with Crippen LogP contribution in [0.15, 0.2) is 194 Å². The van der Waals surface area contributed by atoms with Gasteiger partial charge in [-0.05, 0) is 121 Å². The molecule has 11 aromatic carbocycles. The third-order valence-electron chi connectivity index (χ3n) is 11.2. The molecule has 0 atom stereocenters. The lowest BCUT2D eigenvalue weighted by atomic mass is 9.82. The van der Waals surface area contributed by atoms with Gasteiger partial charge in [0.2, 0.25) is 0 Å². The van der Waals surface area contributed by atoms with Crippen molar-refractivity contribution >= 4 is 75.4 Å². The van der Waals surface area contributed by atoms with Crippen LogP contribution in [0.2, 0.25) is 0 Å². The second kappa shape index (κ2) is 11.4. The molecule has 0 aliphatic rings. The van der Waals surface area contributed by atoms with E-state index in [0.717, 1.165) is 0 Å². The predicted octanol–water partition coefficient (Wildman–Crippen LogP) is 14.8. The van der Waals surface area contributed by atoms with Crippen molar-refractivity contribution in [1.82, 2.24) is 0 Å². The van der Waals surface area contributed by atoms with E-state index in [4.69, 9.17) is 0 Å². The van der Waals surface area contributed by atoms with Crippen molar-refractivity contribution in [3.63, 3.8) is 0 Å². The fourth-order valence-electron chi connectivity index (χ4n) is 8.90. The summed E-state index contributed by atoms with van der Waals surface area (Å²) in [6.45, 7) is 0. The monoisotopic (exact) mass is 656 g/mol. The zero-order chi connectivity index (χ0) is 34.2. The Morgan fingerprint density at radius 1 is 0.212 bits per heavy atom. The maximum absolute atomic E-state index is 2.48. The molecule has 0 radical (unpaired) electrons. The van der Waals surface area contributed by atoms with Crippen molar-refractivity contribution in [2.24, 2.45) is 0 Å². The predicted molar refractivity (Wildman–Crippen MR) is 225 cm³/mol. The third kappa shape index (κ3) is 4.28. The Hall–Kier alpha value is -6.76. The maximum atomic E-state index is 2.48. The third-order valence-corrected chi connectivity index (χ3v) is 11.2. The summed E-state index contributed by atoms with van der Waals surface area (Å²) in [7, 11) is 0. The van der Waals surface area contributed by atoms with Crippen LogP contribution in [0.4, 0.5) is 0 Å².